The van der Waals surface area contributed by atoms with E-state index in [1.165, 1.54) is 0 Å². The molecule has 3 nitrogen and oxygen atoms in total. The average Bonchev–Trinajstić information content (AvgIpc) is 2.78. The molecule has 1 aliphatic heterocycles. The summed E-state index contributed by atoms with van der Waals surface area (Å²) in [6, 6.07) is 0. The van der Waals surface area contributed by atoms with Gasteiger partial charge in [0.25, 0.3) is 0 Å². The van der Waals surface area contributed by atoms with Crippen LogP contribution in [0.5, 0.6) is 0 Å². The summed E-state index contributed by atoms with van der Waals surface area (Å²) in [6.07, 6.45) is 2.71. The summed E-state index contributed by atoms with van der Waals surface area (Å²) in [5.41, 5.74) is 5.08. The van der Waals surface area contributed by atoms with Gasteiger partial charge in [0.1, 0.15) is 4.33 Å². The number of hydrogen-bond acceptors (Lipinski definition) is 2. The molecule has 0 aromatic heterocycles. The van der Waals surface area contributed by atoms with Crippen LogP contribution in [0.1, 0.15) is 26.2 Å². The summed E-state index contributed by atoms with van der Waals surface area (Å²) >= 11 is 12.1. The molecule has 2 N–H and O–H groups in total. The smallest absolute Gasteiger partial charge is 0.231 e. The first-order valence-corrected chi connectivity index (χ1v) is 6.53. The van der Waals surface area contributed by atoms with Gasteiger partial charge in [0.15, 0.2) is 0 Å². The van der Waals surface area contributed by atoms with Crippen LogP contribution in [0.4, 0.5) is 0 Å². The Morgan fingerprint density at radius 3 is 2.69 bits per heavy atom. The monoisotopic (exact) mass is 264 g/mol. The van der Waals surface area contributed by atoms with Gasteiger partial charge in [-0.3, -0.25) is 4.79 Å². The van der Waals surface area contributed by atoms with E-state index in [-0.39, 0.29) is 5.91 Å². The number of amides is 1. The molecule has 1 aliphatic carbocycles. The summed E-state index contributed by atoms with van der Waals surface area (Å²) in [5.74, 6) is 0.524. The highest BCUT2D eigenvalue weighted by Gasteiger charge is 2.68. The maximum atomic E-state index is 12.3. The summed E-state index contributed by atoms with van der Waals surface area (Å²) in [5, 5.41) is 0. The SMILES string of the molecule is C[C@]1(C(=O)N2CCC[C@@H](CN)C2)CC1(Cl)Cl. The summed E-state index contributed by atoms with van der Waals surface area (Å²) in [7, 11) is 0. The van der Waals surface area contributed by atoms with E-state index in [4.69, 9.17) is 28.9 Å². The molecule has 5 heteroatoms. The zero-order valence-electron chi connectivity index (χ0n) is 9.51. The molecule has 0 bridgehead atoms. The molecule has 92 valence electrons. The van der Waals surface area contributed by atoms with Crippen molar-refractivity contribution in [3.63, 3.8) is 0 Å². The van der Waals surface area contributed by atoms with Gasteiger partial charge in [-0.1, -0.05) is 0 Å². The van der Waals surface area contributed by atoms with Crippen LogP contribution in [-0.4, -0.2) is 34.8 Å². The van der Waals surface area contributed by atoms with Gasteiger partial charge in [-0.15, -0.1) is 23.2 Å². The third-order valence-corrected chi connectivity index (χ3v) is 4.97. The zero-order chi connectivity index (χ0) is 12.0. The summed E-state index contributed by atoms with van der Waals surface area (Å²) < 4.78 is -0.861. The van der Waals surface area contributed by atoms with Crippen molar-refractivity contribution in [2.24, 2.45) is 17.1 Å². The molecular weight excluding hydrogens is 247 g/mol. The molecule has 2 fully saturated rings. The Bertz CT molecular complexity index is 308. The molecular formula is C11H18Cl2N2O. The van der Waals surface area contributed by atoms with E-state index >= 15 is 0 Å². The average molecular weight is 265 g/mol. The Balaban J connectivity index is 2.01. The highest BCUT2D eigenvalue weighted by atomic mass is 35.5. The largest absolute Gasteiger partial charge is 0.342 e. The van der Waals surface area contributed by atoms with Crippen LogP contribution in [0.2, 0.25) is 0 Å². The van der Waals surface area contributed by atoms with E-state index in [9.17, 15) is 4.79 Å². The van der Waals surface area contributed by atoms with Gasteiger partial charge in [-0.05, 0) is 38.6 Å². The predicted molar refractivity (Wildman–Crippen MR) is 65.5 cm³/mol. The number of carbonyl (C=O) groups is 1. The fourth-order valence-corrected chi connectivity index (χ4v) is 3.12. The van der Waals surface area contributed by atoms with E-state index in [1.54, 1.807) is 0 Å². The molecule has 2 rings (SSSR count). The van der Waals surface area contributed by atoms with Crippen molar-refractivity contribution in [3.8, 4) is 0 Å². The quantitative estimate of drug-likeness (QED) is 0.773. The molecule has 1 saturated carbocycles. The molecule has 1 saturated heterocycles. The van der Waals surface area contributed by atoms with Crippen molar-refractivity contribution in [2.45, 2.75) is 30.5 Å². The number of piperidine rings is 1. The molecule has 0 spiro atoms. The predicted octanol–water partition coefficient (Wildman–Crippen LogP) is 1.77. The number of carbonyl (C=O) groups excluding carboxylic acids is 1. The van der Waals surface area contributed by atoms with Gasteiger partial charge in [0.05, 0.1) is 5.41 Å². The second-order valence-electron chi connectivity index (χ2n) is 5.21. The third-order valence-electron chi connectivity index (χ3n) is 3.87. The number of hydrogen-bond donors (Lipinski definition) is 1. The molecule has 1 heterocycles. The Morgan fingerprint density at radius 1 is 1.56 bits per heavy atom. The number of rotatable bonds is 2. The highest BCUT2D eigenvalue weighted by molar-refractivity contribution is 6.53. The van der Waals surface area contributed by atoms with E-state index in [0.717, 1.165) is 25.9 Å². The molecule has 2 atom stereocenters. The maximum absolute atomic E-state index is 12.3. The number of alkyl halides is 2. The fraction of sp³-hybridized carbons (Fsp3) is 0.909. The van der Waals surface area contributed by atoms with Gasteiger partial charge >= 0.3 is 0 Å². The van der Waals surface area contributed by atoms with Crippen LogP contribution < -0.4 is 5.73 Å². The lowest BCUT2D eigenvalue weighted by molar-refractivity contribution is -0.138. The van der Waals surface area contributed by atoms with E-state index in [1.807, 2.05) is 11.8 Å². The lowest BCUT2D eigenvalue weighted by Gasteiger charge is -2.34. The number of nitrogens with two attached hydrogens (primary N) is 1. The molecule has 0 unspecified atom stereocenters. The van der Waals surface area contributed by atoms with Gasteiger partial charge in [-0.25, -0.2) is 0 Å². The second kappa shape index (κ2) is 4.04. The van der Waals surface area contributed by atoms with Gasteiger partial charge in [-0.2, -0.15) is 0 Å². The fourth-order valence-electron chi connectivity index (χ4n) is 2.42. The Hall–Kier alpha value is 0.01000. The van der Waals surface area contributed by atoms with Crippen molar-refractivity contribution in [2.75, 3.05) is 19.6 Å². The first-order chi connectivity index (χ1) is 7.40. The summed E-state index contributed by atoms with van der Waals surface area (Å²) in [6.45, 7) is 4.07. The minimum Gasteiger partial charge on any atom is -0.342 e. The van der Waals surface area contributed by atoms with Crippen LogP contribution in [-0.2, 0) is 4.79 Å². The molecule has 0 radical (unpaired) electrons. The first kappa shape index (κ1) is 12.5. The number of halogens is 2. The topological polar surface area (TPSA) is 46.3 Å². The van der Waals surface area contributed by atoms with Crippen molar-refractivity contribution >= 4 is 29.1 Å². The molecule has 0 aromatic rings. The lowest BCUT2D eigenvalue weighted by atomic mass is 9.96. The Morgan fingerprint density at radius 2 is 2.19 bits per heavy atom. The van der Waals surface area contributed by atoms with E-state index in [0.29, 0.717) is 18.9 Å². The van der Waals surface area contributed by atoms with Crippen molar-refractivity contribution in [1.29, 1.82) is 0 Å². The van der Waals surface area contributed by atoms with Crippen LogP contribution in [0.15, 0.2) is 0 Å². The highest BCUT2D eigenvalue weighted by Crippen LogP contribution is 2.64. The number of nitrogens with zero attached hydrogens (tertiary/aromatic N) is 1. The van der Waals surface area contributed by atoms with Crippen LogP contribution in [0.25, 0.3) is 0 Å². The summed E-state index contributed by atoms with van der Waals surface area (Å²) in [4.78, 5) is 14.2. The molecule has 2 aliphatic rings. The molecule has 1 amide bonds. The zero-order valence-corrected chi connectivity index (χ0v) is 11.0. The lowest BCUT2D eigenvalue weighted by Crippen LogP contribution is -2.45. The normalized spacial score (nSPS) is 37.2. The minimum atomic E-state index is -0.861. The van der Waals surface area contributed by atoms with Crippen molar-refractivity contribution in [1.82, 2.24) is 4.90 Å². The van der Waals surface area contributed by atoms with Crippen molar-refractivity contribution < 1.29 is 4.79 Å². The van der Waals surface area contributed by atoms with Crippen LogP contribution in [0.3, 0.4) is 0 Å². The van der Waals surface area contributed by atoms with Gasteiger partial charge in [0, 0.05) is 13.1 Å². The van der Waals surface area contributed by atoms with E-state index < -0.39 is 9.75 Å². The number of likely N-dealkylation sites (tertiary alicyclic amines) is 1. The van der Waals surface area contributed by atoms with Gasteiger partial charge in [0.2, 0.25) is 5.91 Å². The Labute approximate surface area is 106 Å². The van der Waals surface area contributed by atoms with E-state index in [2.05, 4.69) is 0 Å². The third kappa shape index (κ3) is 1.93. The molecule has 16 heavy (non-hydrogen) atoms. The minimum absolute atomic E-state index is 0.0932. The van der Waals surface area contributed by atoms with Crippen LogP contribution in [0, 0.1) is 11.3 Å². The van der Waals surface area contributed by atoms with Crippen LogP contribution >= 0.6 is 23.2 Å². The van der Waals surface area contributed by atoms with Crippen molar-refractivity contribution in [3.05, 3.63) is 0 Å². The standard InChI is InChI=1S/C11H18Cl2N2O/c1-10(7-11(10,12)13)9(16)15-4-2-3-8(5-14)6-15/h8H,2-7,14H2,1H3/t8-,10+/m0/s1. The van der Waals surface area contributed by atoms with Gasteiger partial charge < -0.3 is 10.6 Å². The Kier molecular flexibility index (Phi) is 3.15. The molecule has 0 aromatic carbocycles. The second-order valence-corrected chi connectivity index (χ2v) is 6.69. The first-order valence-electron chi connectivity index (χ1n) is 5.78. The maximum Gasteiger partial charge on any atom is 0.231 e.